The van der Waals surface area contributed by atoms with Crippen LogP contribution in [-0.4, -0.2) is 95.5 Å². The second-order valence-electron chi connectivity index (χ2n) is 12.3. The number of ether oxygens (including phenoxy) is 2. The number of nitrogens with zero attached hydrogens (tertiary/aromatic N) is 5. The van der Waals surface area contributed by atoms with Gasteiger partial charge in [0.05, 0.1) is 24.7 Å². The molecule has 2 atom stereocenters. The molecule has 51 heavy (non-hydrogen) atoms. The Morgan fingerprint density at radius 3 is 2.47 bits per heavy atom. The van der Waals surface area contributed by atoms with E-state index in [9.17, 15) is 24.4 Å². The van der Waals surface area contributed by atoms with E-state index in [1.807, 2.05) is 48.5 Å². The van der Waals surface area contributed by atoms with Crippen LogP contribution in [0.25, 0.3) is 22.0 Å². The zero-order valence-electron chi connectivity index (χ0n) is 28.1. The SMILES string of the molecule is CN(C(=O)OC1c2ccccc2-c2ccccc21)[C@H](CN)C(=O)NCCCOc1ccc2ncnc(C(=O)NCC(=O)N3CCC[C@H]3C#N)c2c1. The van der Waals surface area contributed by atoms with Crippen LogP contribution in [0.15, 0.2) is 73.1 Å². The zero-order valence-corrected chi connectivity index (χ0v) is 28.1. The highest BCUT2D eigenvalue weighted by Crippen LogP contribution is 2.45. The predicted molar refractivity (Wildman–Crippen MR) is 186 cm³/mol. The third-order valence-corrected chi connectivity index (χ3v) is 9.11. The van der Waals surface area contributed by atoms with Crippen LogP contribution < -0.4 is 21.1 Å². The Morgan fingerprint density at radius 2 is 1.76 bits per heavy atom. The van der Waals surface area contributed by atoms with Crippen molar-refractivity contribution in [3.63, 3.8) is 0 Å². The lowest BCUT2D eigenvalue weighted by molar-refractivity contribution is -0.130. The minimum Gasteiger partial charge on any atom is -0.494 e. The molecule has 0 radical (unpaired) electrons. The monoisotopic (exact) mass is 690 g/mol. The number of nitriles is 1. The van der Waals surface area contributed by atoms with Crippen LogP contribution in [0.5, 0.6) is 5.75 Å². The van der Waals surface area contributed by atoms with Crippen molar-refractivity contribution >= 4 is 34.7 Å². The predicted octanol–water partition coefficient (Wildman–Crippen LogP) is 2.92. The fourth-order valence-corrected chi connectivity index (χ4v) is 6.43. The molecule has 4 N–H and O–H groups in total. The number of aromatic nitrogens is 2. The molecule has 3 aromatic carbocycles. The molecule has 2 aliphatic rings. The number of carbonyl (C=O) groups excluding carboxylic acids is 4. The first-order valence-electron chi connectivity index (χ1n) is 16.7. The molecule has 262 valence electrons. The molecule has 6 rings (SSSR count). The van der Waals surface area contributed by atoms with E-state index in [-0.39, 0.29) is 37.8 Å². The molecule has 1 aliphatic carbocycles. The van der Waals surface area contributed by atoms with Gasteiger partial charge in [-0.2, -0.15) is 5.26 Å². The second kappa shape index (κ2) is 15.6. The normalized spacial score (nSPS) is 15.3. The van der Waals surface area contributed by atoms with E-state index in [2.05, 4.69) is 26.7 Å². The standard InChI is InChI=1S/C37H38N8O6/c1-44(37(49)51-34-27-11-4-2-9-25(27)26-10-3-5-12-28(26)34)31(20-39)35(47)40-15-7-17-50-24-13-14-30-29(18-24)33(43-22-42-30)36(48)41-21-32(46)45-16-6-8-23(45)19-38/h2-5,9-14,18,22-23,31,34H,6-8,15-17,20-21,39H2,1H3,(H,40,47)(H,41,48)/t23-,31+/m0/s1. The molecule has 0 saturated carbocycles. The number of rotatable bonds is 12. The van der Waals surface area contributed by atoms with Gasteiger partial charge in [-0.05, 0) is 48.6 Å². The van der Waals surface area contributed by atoms with Crippen LogP contribution in [0.4, 0.5) is 4.79 Å². The molecule has 1 aromatic heterocycles. The van der Waals surface area contributed by atoms with Crippen molar-refractivity contribution < 1.29 is 28.7 Å². The van der Waals surface area contributed by atoms with Crippen molar-refractivity contribution in [1.29, 1.82) is 5.26 Å². The number of amides is 4. The third-order valence-electron chi connectivity index (χ3n) is 9.11. The average Bonchev–Trinajstić information content (AvgIpc) is 3.76. The topological polar surface area (TPSA) is 193 Å². The van der Waals surface area contributed by atoms with E-state index in [0.29, 0.717) is 36.0 Å². The molecule has 2 heterocycles. The summed E-state index contributed by atoms with van der Waals surface area (Å²) in [5.74, 6) is -0.841. The number of nitrogens with two attached hydrogens (primary N) is 1. The van der Waals surface area contributed by atoms with E-state index in [4.69, 9.17) is 15.2 Å². The fourth-order valence-electron chi connectivity index (χ4n) is 6.43. The van der Waals surface area contributed by atoms with Gasteiger partial charge < -0.3 is 30.7 Å². The lowest BCUT2D eigenvalue weighted by atomic mass is 10.1. The summed E-state index contributed by atoms with van der Waals surface area (Å²) < 4.78 is 11.8. The van der Waals surface area contributed by atoms with Crippen molar-refractivity contribution in [3.05, 3.63) is 89.9 Å². The van der Waals surface area contributed by atoms with Crippen LogP contribution >= 0.6 is 0 Å². The van der Waals surface area contributed by atoms with Gasteiger partial charge in [-0.25, -0.2) is 14.8 Å². The summed E-state index contributed by atoms with van der Waals surface area (Å²) >= 11 is 0. The van der Waals surface area contributed by atoms with E-state index >= 15 is 0 Å². The first-order chi connectivity index (χ1) is 24.8. The number of nitrogens with one attached hydrogen (secondary N) is 2. The molecule has 14 heteroatoms. The summed E-state index contributed by atoms with van der Waals surface area (Å²) in [5, 5.41) is 15.1. The molecule has 0 unspecified atom stereocenters. The molecule has 0 spiro atoms. The smallest absolute Gasteiger partial charge is 0.411 e. The third kappa shape index (κ3) is 7.43. The lowest BCUT2D eigenvalue weighted by Gasteiger charge is -2.27. The number of likely N-dealkylation sites (N-methyl/N-ethyl adjacent to an activating group) is 1. The lowest BCUT2D eigenvalue weighted by Crippen LogP contribution is -2.52. The van der Waals surface area contributed by atoms with Crippen molar-refractivity contribution in [1.82, 2.24) is 30.4 Å². The summed E-state index contributed by atoms with van der Waals surface area (Å²) in [6, 6.07) is 21.3. The summed E-state index contributed by atoms with van der Waals surface area (Å²) in [6.45, 7) is 0.615. The highest BCUT2D eigenvalue weighted by Gasteiger charge is 2.34. The van der Waals surface area contributed by atoms with Gasteiger partial charge in [0.25, 0.3) is 5.91 Å². The maximum absolute atomic E-state index is 13.2. The van der Waals surface area contributed by atoms with E-state index in [0.717, 1.165) is 28.7 Å². The van der Waals surface area contributed by atoms with Crippen molar-refractivity contribution in [3.8, 4) is 22.9 Å². The molecule has 1 aliphatic heterocycles. The van der Waals surface area contributed by atoms with Crippen molar-refractivity contribution in [2.75, 3.05) is 39.8 Å². The zero-order chi connectivity index (χ0) is 35.9. The van der Waals surface area contributed by atoms with Crippen LogP contribution in [-0.2, 0) is 14.3 Å². The minimum absolute atomic E-state index is 0.0839. The van der Waals surface area contributed by atoms with Crippen LogP contribution in [0.3, 0.4) is 0 Å². The molecule has 1 saturated heterocycles. The summed E-state index contributed by atoms with van der Waals surface area (Å²) in [4.78, 5) is 62.9. The highest BCUT2D eigenvalue weighted by molar-refractivity contribution is 6.05. The first kappa shape index (κ1) is 34.8. The minimum atomic E-state index is -0.950. The van der Waals surface area contributed by atoms with Gasteiger partial charge >= 0.3 is 6.09 Å². The van der Waals surface area contributed by atoms with Gasteiger partial charge in [0.15, 0.2) is 6.10 Å². The van der Waals surface area contributed by atoms with Gasteiger partial charge in [0, 0.05) is 43.2 Å². The van der Waals surface area contributed by atoms with Crippen LogP contribution in [0.2, 0.25) is 0 Å². The Morgan fingerprint density at radius 1 is 1.04 bits per heavy atom. The van der Waals surface area contributed by atoms with Crippen molar-refractivity contribution in [2.45, 2.75) is 37.5 Å². The number of likely N-dealkylation sites (tertiary alicyclic amines) is 1. The number of hydrogen-bond acceptors (Lipinski definition) is 10. The van der Waals surface area contributed by atoms with Crippen molar-refractivity contribution in [2.24, 2.45) is 5.73 Å². The molecule has 4 aromatic rings. The summed E-state index contributed by atoms with van der Waals surface area (Å²) in [6.07, 6.45) is 1.81. The summed E-state index contributed by atoms with van der Waals surface area (Å²) in [7, 11) is 1.49. The molecule has 4 amide bonds. The largest absolute Gasteiger partial charge is 0.494 e. The van der Waals surface area contributed by atoms with Crippen LogP contribution in [0.1, 0.15) is 47.0 Å². The van der Waals surface area contributed by atoms with Gasteiger partial charge in [-0.1, -0.05) is 48.5 Å². The number of carbonyl (C=O) groups is 4. The first-order valence-corrected chi connectivity index (χ1v) is 16.7. The quantitative estimate of drug-likeness (QED) is 0.186. The molecule has 0 bridgehead atoms. The molecular weight excluding hydrogens is 652 g/mol. The number of hydrogen-bond donors (Lipinski definition) is 3. The Kier molecular flexibility index (Phi) is 10.7. The fraction of sp³-hybridized carbons (Fsp3) is 0.324. The number of benzene rings is 3. The Labute approximate surface area is 294 Å². The highest BCUT2D eigenvalue weighted by atomic mass is 16.6. The molecule has 14 nitrogen and oxygen atoms in total. The Bertz CT molecular complexity index is 1950. The maximum atomic E-state index is 13.2. The average molecular weight is 691 g/mol. The Balaban J connectivity index is 0.988. The number of fused-ring (bicyclic) bond motifs is 4. The molecular formula is C37H38N8O6. The Hall–Kier alpha value is -6.07. The molecule has 1 fully saturated rings. The van der Waals surface area contributed by atoms with Gasteiger partial charge in [-0.15, -0.1) is 0 Å². The van der Waals surface area contributed by atoms with E-state index in [1.54, 1.807) is 18.2 Å². The maximum Gasteiger partial charge on any atom is 0.411 e. The second-order valence-corrected chi connectivity index (χ2v) is 12.3. The van der Waals surface area contributed by atoms with Gasteiger partial charge in [0.1, 0.15) is 29.9 Å². The summed E-state index contributed by atoms with van der Waals surface area (Å²) in [5.41, 5.74) is 10.3. The van der Waals surface area contributed by atoms with E-state index in [1.165, 1.54) is 23.2 Å². The van der Waals surface area contributed by atoms with Gasteiger partial charge in [-0.3, -0.25) is 19.3 Å². The van der Waals surface area contributed by atoms with Crippen LogP contribution in [0, 0.1) is 11.3 Å². The van der Waals surface area contributed by atoms with Gasteiger partial charge in [0.2, 0.25) is 11.8 Å². The van der Waals surface area contributed by atoms with E-state index < -0.39 is 36.1 Å².